The molecule has 5 rings (SSSR count). The third-order valence-corrected chi connectivity index (χ3v) is 5.19. The van der Waals surface area contributed by atoms with Crippen molar-refractivity contribution in [3.63, 3.8) is 0 Å². The van der Waals surface area contributed by atoms with Gasteiger partial charge in [-0.05, 0) is 30.3 Å². The molecule has 0 atom stereocenters. The minimum absolute atomic E-state index is 0.0523. The number of imidazole rings is 1. The van der Waals surface area contributed by atoms with Crippen molar-refractivity contribution in [3.05, 3.63) is 77.8 Å². The minimum atomic E-state index is -5.17. The van der Waals surface area contributed by atoms with Crippen LogP contribution in [0.15, 0.2) is 59.4 Å². The average molecular weight is 541 g/mol. The Labute approximate surface area is 206 Å². The Morgan fingerprint density at radius 3 is 2.37 bits per heavy atom. The van der Waals surface area contributed by atoms with Gasteiger partial charge in [0.2, 0.25) is 0 Å². The molecule has 7 nitrogen and oxygen atoms in total. The molecule has 0 amide bonds. The van der Waals surface area contributed by atoms with Gasteiger partial charge in [-0.3, -0.25) is 4.68 Å². The fourth-order valence-electron chi connectivity index (χ4n) is 3.60. The summed E-state index contributed by atoms with van der Waals surface area (Å²) in [6.45, 7) is -0.129. The molecule has 0 saturated heterocycles. The van der Waals surface area contributed by atoms with E-state index in [9.17, 15) is 35.1 Å². The Bertz CT molecular complexity index is 1590. The van der Waals surface area contributed by atoms with E-state index < -0.39 is 41.0 Å². The molecule has 0 radical (unpaired) electrons. The summed E-state index contributed by atoms with van der Waals surface area (Å²) in [4.78, 5) is 8.29. The van der Waals surface area contributed by atoms with Gasteiger partial charge in [0.1, 0.15) is 29.4 Å². The Hall–Kier alpha value is -4.56. The van der Waals surface area contributed by atoms with Crippen LogP contribution in [0.1, 0.15) is 11.3 Å². The van der Waals surface area contributed by atoms with Crippen LogP contribution in [0.4, 0.5) is 35.1 Å². The van der Waals surface area contributed by atoms with Gasteiger partial charge in [0.25, 0.3) is 0 Å². The van der Waals surface area contributed by atoms with E-state index in [2.05, 4.69) is 25.0 Å². The number of aromatic nitrogens is 5. The lowest BCUT2D eigenvalue weighted by atomic mass is 10.0. The van der Waals surface area contributed by atoms with Gasteiger partial charge in [-0.2, -0.15) is 18.3 Å². The number of hydrogen-bond donors (Lipinski definition) is 0. The molecule has 196 valence electrons. The summed E-state index contributed by atoms with van der Waals surface area (Å²) in [6, 6.07) is 6.45. The van der Waals surface area contributed by atoms with Gasteiger partial charge in [-0.15, -0.1) is 13.2 Å². The van der Waals surface area contributed by atoms with Gasteiger partial charge in [0, 0.05) is 11.6 Å². The zero-order valence-corrected chi connectivity index (χ0v) is 18.5. The molecule has 0 N–H and O–H groups in total. The van der Waals surface area contributed by atoms with Crippen LogP contribution in [0.25, 0.3) is 34.0 Å². The van der Waals surface area contributed by atoms with Crippen LogP contribution in [0.5, 0.6) is 5.75 Å². The molecular formula is C23H11F8N5O2. The van der Waals surface area contributed by atoms with Crippen LogP contribution < -0.4 is 4.74 Å². The smallest absolute Gasteiger partial charge is 0.406 e. The first kappa shape index (κ1) is 25.1. The summed E-state index contributed by atoms with van der Waals surface area (Å²) < 4.78 is 116. The van der Waals surface area contributed by atoms with E-state index in [-0.39, 0.29) is 46.8 Å². The topological polar surface area (TPSA) is 78.9 Å². The highest BCUT2D eigenvalue weighted by molar-refractivity contribution is 5.66. The maximum Gasteiger partial charge on any atom is 0.573 e. The number of hydrogen-bond acceptors (Lipinski definition) is 6. The number of fused-ring (bicyclic) bond motifs is 1. The van der Waals surface area contributed by atoms with Crippen LogP contribution in [0.2, 0.25) is 0 Å². The first-order chi connectivity index (χ1) is 17.9. The predicted molar refractivity (Wildman–Crippen MR) is 113 cm³/mol. The van der Waals surface area contributed by atoms with Crippen LogP contribution in [0.3, 0.4) is 0 Å². The molecule has 0 unspecified atom stereocenters. The maximum atomic E-state index is 14.1. The molecule has 1 aromatic heterocycles. The van der Waals surface area contributed by atoms with E-state index in [1.165, 1.54) is 29.2 Å². The van der Waals surface area contributed by atoms with E-state index in [1.54, 1.807) is 0 Å². The summed E-state index contributed by atoms with van der Waals surface area (Å²) in [5.41, 5.74) is -1.84. The van der Waals surface area contributed by atoms with Crippen LogP contribution in [-0.2, 0) is 12.7 Å². The number of rotatable bonds is 5. The summed E-state index contributed by atoms with van der Waals surface area (Å²) >= 11 is 0. The van der Waals surface area contributed by atoms with E-state index in [0.717, 1.165) is 24.3 Å². The fourth-order valence-corrected chi connectivity index (χ4v) is 3.60. The predicted octanol–water partition coefficient (Wildman–Crippen LogP) is 6.34. The minimum Gasteiger partial charge on any atom is -0.406 e. The lowest BCUT2D eigenvalue weighted by Crippen LogP contribution is -2.18. The van der Waals surface area contributed by atoms with Gasteiger partial charge < -0.3 is 9.26 Å². The average Bonchev–Trinajstić information content (AvgIpc) is 3.46. The van der Waals surface area contributed by atoms with Gasteiger partial charge in [0.05, 0.1) is 23.5 Å². The van der Waals surface area contributed by atoms with Gasteiger partial charge in [-0.25, -0.2) is 18.7 Å². The largest absolute Gasteiger partial charge is 0.573 e. The molecule has 3 aromatic rings. The molecule has 0 fully saturated rings. The first-order valence-electron chi connectivity index (χ1n) is 10.4. The normalized spacial score (nSPS) is 12.3. The number of alkyl halides is 6. The quantitative estimate of drug-likeness (QED) is 0.242. The fraction of sp³-hybridized carbons (Fsp3) is 0.130. The highest BCUT2D eigenvalue weighted by Gasteiger charge is 2.37. The Morgan fingerprint density at radius 1 is 0.868 bits per heavy atom. The Balaban J connectivity index is 1.42. The van der Waals surface area contributed by atoms with Gasteiger partial charge >= 0.3 is 12.5 Å². The van der Waals surface area contributed by atoms with E-state index in [4.69, 9.17) is 4.52 Å². The lowest BCUT2D eigenvalue weighted by molar-refractivity contribution is -0.274. The molecular weight excluding hydrogens is 530 g/mol. The number of ether oxygens (including phenoxy) is 1. The number of benzene rings is 2. The van der Waals surface area contributed by atoms with Crippen molar-refractivity contribution in [2.45, 2.75) is 19.1 Å². The molecule has 0 aliphatic carbocycles. The molecule has 2 aromatic carbocycles. The number of nitrogens with zero attached hydrogens (tertiary/aromatic N) is 5. The third kappa shape index (κ3) is 5.12. The molecule has 15 heteroatoms. The monoisotopic (exact) mass is 541 g/mol. The summed E-state index contributed by atoms with van der Waals surface area (Å²) in [5.74, 6) is -3.25. The van der Waals surface area contributed by atoms with Crippen molar-refractivity contribution in [3.8, 4) is 39.8 Å². The molecule has 38 heavy (non-hydrogen) atoms. The standard InChI is InChI=1S/C23H11F8N5O2/c24-16-3-1-2-14(20(16)25)21-33-18-8-32-36(10-19(18)34-21)9-12-7-17(35-38-12)13-5-4-11(37-23(29,30)31)6-15(13)22(26,27)28/h1-8,10H,9H2. The van der Waals surface area contributed by atoms with Crippen LogP contribution in [0, 0.1) is 11.6 Å². The molecule has 2 aliphatic rings. The van der Waals surface area contributed by atoms with Crippen LogP contribution >= 0.6 is 0 Å². The highest BCUT2D eigenvalue weighted by Crippen LogP contribution is 2.40. The molecule has 0 spiro atoms. The van der Waals surface area contributed by atoms with Crippen molar-refractivity contribution < 1.29 is 44.4 Å². The van der Waals surface area contributed by atoms with E-state index in [1.807, 2.05) is 0 Å². The van der Waals surface area contributed by atoms with Gasteiger partial charge in [-0.1, -0.05) is 11.2 Å². The summed E-state index contributed by atoms with van der Waals surface area (Å²) in [7, 11) is 0. The molecule has 0 saturated carbocycles. The zero-order valence-electron chi connectivity index (χ0n) is 18.5. The SMILES string of the molecule is Fc1cccc(-c2nc3cnn(Cc4cc(-c5ccc(OC(F)(F)F)cc5C(F)(F)F)no4)cc-3n2)c1F. The first-order valence-corrected chi connectivity index (χ1v) is 10.4. The maximum absolute atomic E-state index is 14.1. The molecule has 0 bridgehead atoms. The van der Waals surface area contributed by atoms with E-state index in [0.29, 0.717) is 0 Å². The second-order valence-electron chi connectivity index (χ2n) is 7.82. The van der Waals surface area contributed by atoms with Crippen molar-refractivity contribution >= 4 is 0 Å². The lowest BCUT2D eigenvalue weighted by Gasteiger charge is -2.14. The van der Waals surface area contributed by atoms with Crippen molar-refractivity contribution in [2.24, 2.45) is 0 Å². The Kier molecular flexibility index (Phi) is 6.00. The molecule has 3 heterocycles. The van der Waals surface area contributed by atoms with Gasteiger partial charge in [0.15, 0.2) is 23.2 Å². The van der Waals surface area contributed by atoms with Crippen LogP contribution in [-0.4, -0.2) is 31.3 Å². The summed E-state index contributed by atoms with van der Waals surface area (Å²) in [6.07, 6.45) is -7.50. The van der Waals surface area contributed by atoms with Crippen molar-refractivity contribution in [2.75, 3.05) is 0 Å². The summed E-state index contributed by atoms with van der Waals surface area (Å²) in [5, 5.41) is 7.69. The van der Waals surface area contributed by atoms with Crippen molar-refractivity contribution in [1.82, 2.24) is 24.9 Å². The third-order valence-electron chi connectivity index (χ3n) is 5.19. The van der Waals surface area contributed by atoms with Crippen molar-refractivity contribution in [1.29, 1.82) is 0 Å². The number of halogens is 8. The molecule has 2 aliphatic heterocycles. The second-order valence-corrected chi connectivity index (χ2v) is 7.82. The highest BCUT2D eigenvalue weighted by atomic mass is 19.4. The van der Waals surface area contributed by atoms with E-state index >= 15 is 0 Å². The second kappa shape index (κ2) is 9.08. The zero-order chi connectivity index (χ0) is 27.2. The Morgan fingerprint density at radius 2 is 1.63 bits per heavy atom.